The maximum atomic E-state index is 4.41. The van der Waals surface area contributed by atoms with Crippen LogP contribution in [0.25, 0.3) is 0 Å². The van der Waals surface area contributed by atoms with E-state index < -0.39 is 0 Å². The number of hydrogen-bond donors (Lipinski definition) is 1. The van der Waals surface area contributed by atoms with E-state index >= 15 is 0 Å². The standard InChI is InChI=1S/C13H23N3/c1-11(13-14-9-10-16(13)2)15-12-7-5-3-4-6-8-12/h9-12,15H,3-8H2,1-2H3. The molecule has 0 amide bonds. The van der Waals surface area contributed by atoms with Crippen LogP contribution < -0.4 is 5.32 Å². The van der Waals surface area contributed by atoms with E-state index in [0.717, 1.165) is 5.82 Å². The molecule has 1 heterocycles. The van der Waals surface area contributed by atoms with E-state index in [1.807, 2.05) is 12.4 Å². The van der Waals surface area contributed by atoms with Crippen molar-refractivity contribution < 1.29 is 0 Å². The molecule has 2 rings (SSSR count). The smallest absolute Gasteiger partial charge is 0.125 e. The van der Waals surface area contributed by atoms with Gasteiger partial charge in [0, 0.05) is 25.5 Å². The van der Waals surface area contributed by atoms with Crippen molar-refractivity contribution in [3.8, 4) is 0 Å². The van der Waals surface area contributed by atoms with Crippen LogP contribution in [-0.4, -0.2) is 15.6 Å². The third kappa shape index (κ3) is 2.85. The van der Waals surface area contributed by atoms with Crippen molar-refractivity contribution in [2.75, 3.05) is 0 Å². The Morgan fingerprint density at radius 1 is 1.31 bits per heavy atom. The SMILES string of the molecule is CC(NC1CCCCCC1)c1nccn1C. The zero-order chi connectivity index (χ0) is 11.4. The molecule has 0 spiro atoms. The molecule has 16 heavy (non-hydrogen) atoms. The van der Waals surface area contributed by atoms with Gasteiger partial charge in [-0.05, 0) is 19.8 Å². The van der Waals surface area contributed by atoms with Crippen molar-refractivity contribution in [1.29, 1.82) is 0 Å². The van der Waals surface area contributed by atoms with Crippen LogP contribution in [0.15, 0.2) is 12.4 Å². The van der Waals surface area contributed by atoms with Crippen molar-refractivity contribution in [3.63, 3.8) is 0 Å². The summed E-state index contributed by atoms with van der Waals surface area (Å²) in [4.78, 5) is 4.41. The Kier molecular flexibility index (Phi) is 3.99. The average Bonchev–Trinajstić information content (AvgIpc) is 2.53. The number of aromatic nitrogens is 2. The number of imidazole rings is 1. The highest BCUT2D eigenvalue weighted by Gasteiger charge is 2.17. The lowest BCUT2D eigenvalue weighted by Crippen LogP contribution is -2.32. The highest BCUT2D eigenvalue weighted by molar-refractivity contribution is 4.97. The fourth-order valence-corrected chi connectivity index (χ4v) is 2.67. The quantitative estimate of drug-likeness (QED) is 0.795. The molecule has 1 aliphatic rings. The van der Waals surface area contributed by atoms with Gasteiger partial charge in [0.15, 0.2) is 0 Å². The Labute approximate surface area is 98.3 Å². The Hall–Kier alpha value is -0.830. The monoisotopic (exact) mass is 221 g/mol. The van der Waals surface area contributed by atoms with Gasteiger partial charge in [-0.3, -0.25) is 0 Å². The molecular formula is C13H23N3. The maximum Gasteiger partial charge on any atom is 0.125 e. The van der Waals surface area contributed by atoms with Crippen LogP contribution >= 0.6 is 0 Å². The lowest BCUT2D eigenvalue weighted by Gasteiger charge is -2.21. The Balaban J connectivity index is 1.91. The molecule has 1 aromatic rings. The molecule has 0 radical (unpaired) electrons. The number of nitrogens with zero attached hydrogens (tertiary/aromatic N) is 2. The first-order valence-corrected chi connectivity index (χ1v) is 6.50. The summed E-state index contributed by atoms with van der Waals surface area (Å²) in [5, 5.41) is 3.72. The number of aryl methyl sites for hydroxylation is 1. The van der Waals surface area contributed by atoms with E-state index in [1.165, 1.54) is 38.5 Å². The second kappa shape index (κ2) is 5.48. The van der Waals surface area contributed by atoms with Crippen molar-refractivity contribution >= 4 is 0 Å². The largest absolute Gasteiger partial charge is 0.337 e. The molecule has 3 nitrogen and oxygen atoms in total. The molecule has 1 atom stereocenters. The molecule has 3 heteroatoms. The van der Waals surface area contributed by atoms with Gasteiger partial charge < -0.3 is 9.88 Å². The minimum Gasteiger partial charge on any atom is -0.337 e. The zero-order valence-corrected chi connectivity index (χ0v) is 10.4. The summed E-state index contributed by atoms with van der Waals surface area (Å²) in [5.41, 5.74) is 0. The predicted octanol–water partition coefficient (Wildman–Crippen LogP) is 2.79. The first-order chi connectivity index (χ1) is 7.77. The van der Waals surface area contributed by atoms with Gasteiger partial charge in [-0.1, -0.05) is 25.7 Å². The van der Waals surface area contributed by atoms with Crippen LogP contribution in [-0.2, 0) is 7.05 Å². The molecule has 90 valence electrons. The van der Waals surface area contributed by atoms with Crippen LogP contribution in [0.4, 0.5) is 0 Å². The summed E-state index contributed by atoms with van der Waals surface area (Å²) >= 11 is 0. The third-order valence-corrected chi connectivity index (χ3v) is 3.59. The van der Waals surface area contributed by atoms with E-state index in [-0.39, 0.29) is 0 Å². The van der Waals surface area contributed by atoms with Crippen LogP contribution in [0.5, 0.6) is 0 Å². The van der Waals surface area contributed by atoms with E-state index in [9.17, 15) is 0 Å². The van der Waals surface area contributed by atoms with Crippen molar-refractivity contribution in [2.45, 2.75) is 57.5 Å². The molecule has 1 N–H and O–H groups in total. The highest BCUT2D eigenvalue weighted by atomic mass is 15.1. The minimum atomic E-state index is 0.364. The van der Waals surface area contributed by atoms with E-state index in [2.05, 4.69) is 28.8 Å². The minimum absolute atomic E-state index is 0.364. The topological polar surface area (TPSA) is 29.9 Å². The predicted molar refractivity (Wildman–Crippen MR) is 66.2 cm³/mol. The molecule has 1 aromatic heterocycles. The zero-order valence-electron chi connectivity index (χ0n) is 10.4. The molecule has 0 bridgehead atoms. The summed E-state index contributed by atoms with van der Waals surface area (Å²) in [5.74, 6) is 1.14. The molecule has 0 aliphatic heterocycles. The van der Waals surface area contributed by atoms with Crippen LogP contribution in [0.2, 0.25) is 0 Å². The van der Waals surface area contributed by atoms with Gasteiger partial charge in [-0.15, -0.1) is 0 Å². The number of hydrogen-bond acceptors (Lipinski definition) is 2. The van der Waals surface area contributed by atoms with Gasteiger partial charge in [0.05, 0.1) is 6.04 Å². The van der Waals surface area contributed by atoms with Crippen molar-refractivity contribution in [1.82, 2.24) is 14.9 Å². The van der Waals surface area contributed by atoms with Gasteiger partial charge in [-0.25, -0.2) is 4.98 Å². The number of rotatable bonds is 3. The Bertz CT molecular complexity index is 311. The molecule has 1 saturated carbocycles. The van der Waals surface area contributed by atoms with E-state index in [0.29, 0.717) is 12.1 Å². The maximum absolute atomic E-state index is 4.41. The molecular weight excluding hydrogens is 198 g/mol. The second-order valence-corrected chi connectivity index (χ2v) is 4.97. The van der Waals surface area contributed by atoms with Crippen LogP contribution in [0.3, 0.4) is 0 Å². The molecule has 1 aliphatic carbocycles. The Morgan fingerprint density at radius 3 is 2.56 bits per heavy atom. The van der Waals surface area contributed by atoms with E-state index in [4.69, 9.17) is 0 Å². The highest BCUT2D eigenvalue weighted by Crippen LogP contribution is 2.20. The molecule has 1 fully saturated rings. The molecule has 1 unspecified atom stereocenters. The van der Waals surface area contributed by atoms with Gasteiger partial charge in [0.2, 0.25) is 0 Å². The van der Waals surface area contributed by atoms with Crippen LogP contribution in [0, 0.1) is 0 Å². The summed E-state index contributed by atoms with van der Waals surface area (Å²) in [6, 6.07) is 1.05. The van der Waals surface area contributed by atoms with Crippen molar-refractivity contribution in [3.05, 3.63) is 18.2 Å². The first-order valence-electron chi connectivity index (χ1n) is 6.50. The summed E-state index contributed by atoms with van der Waals surface area (Å²) in [6.07, 6.45) is 12.1. The van der Waals surface area contributed by atoms with Gasteiger partial charge in [-0.2, -0.15) is 0 Å². The summed E-state index contributed by atoms with van der Waals surface area (Å²) in [7, 11) is 2.06. The normalized spacial score (nSPS) is 20.6. The lowest BCUT2D eigenvalue weighted by atomic mass is 10.1. The third-order valence-electron chi connectivity index (χ3n) is 3.59. The van der Waals surface area contributed by atoms with Gasteiger partial charge >= 0.3 is 0 Å². The fourth-order valence-electron chi connectivity index (χ4n) is 2.67. The summed E-state index contributed by atoms with van der Waals surface area (Å²) < 4.78 is 2.11. The molecule has 0 saturated heterocycles. The van der Waals surface area contributed by atoms with E-state index in [1.54, 1.807) is 0 Å². The number of nitrogens with one attached hydrogen (secondary N) is 1. The second-order valence-electron chi connectivity index (χ2n) is 4.97. The van der Waals surface area contributed by atoms with Gasteiger partial charge in [0.1, 0.15) is 5.82 Å². The summed E-state index contributed by atoms with van der Waals surface area (Å²) in [6.45, 7) is 2.22. The van der Waals surface area contributed by atoms with Gasteiger partial charge in [0.25, 0.3) is 0 Å². The van der Waals surface area contributed by atoms with Crippen molar-refractivity contribution in [2.24, 2.45) is 7.05 Å². The Morgan fingerprint density at radius 2 is 2.00 bits per heavy atom. The average molecular weight is 221 g/mol. The van der Waals surface area contributed by atoms with Crippen LogP contribution in [0.1, 0.15) is 57.3 Å². The molecule has 0 aromatic carbocycles. The fraction of sp³-hybridized carbons (Fsp3) is 0.769. The lowest BCUT2D eigenvalue weighted by molar-refractivity contribution is 0.400. The first kappa shape index (κ1) is 11.6.